The van der Waals surface area contributed by atoms with E-state index in [0.717, 1.165) is 18.7 Å². The van der Waals surface area contributed by atoms with Gasteiger partial charge in [-0.25, -0.2) is 0 Å². The molecule has 0 spiro atoms. The largest absolute Gasteiger partial charge is 0.409 e. The van der Waals surface area contributed by atoms with E-state index < -0.39 is 0 Å². The molecular formula is C14H23N3O. The molecule has 0 aromatic heterocycles. The first kappa shape index (κ1) is 14.5. The van der Waals surface area contributed by atoms with Crippen LogP contribution in [0.5, 0.6) is 0 Å². The minimum atomic E-state index is 0.151. The predicted octanol–water partition coefficient (Wildman–Crippen LogP) is 2.40. The lowest BCUT2D eigenvalue weighted by molar-refractivity contribution is 0.318. The molecule has 3 N–H and O–H groups in total. The zero-order valence-electron chi connectivity index (χ0n) is 11.3. The van der Waals surface area contributed by atoms with Crippen LogP contribution in [0.15, 0.2) is 29.4 Å². The molecule has 0 unspecified atom stereocenters. The Morgan fingerprint density at radius 1 is 1.28 bits per heavy atom. The molecule has 100 valence electrons. The zero-order chi connectivity index (χ0) is 13.4. The van der Waals surface area contributed by atoms with Gasteiger partial charge in [-0.3, -0.25) is 0 Å². The van der Waals surface area contributed by atoms with Gasteiger partial charge < -0.3 is 15.8 Å². The molecule has 1 aromatic rings. The summed E-state index contributed by atoms with van der Waals surface area (Å²) in [4.78, 5) is 2.31. The molecular weight excluding hydrogens is 226 g/mol. The highest BCUT2D eigenvalue weighted by Gasteiger charge is 2.02. The van der Waals surface area contributed by atoms with Crippen molar-refractivity contribution in [2.24, 2.45) is 10.9 Å². The summed E-state index contributed by atoms with van der Waals surface area (Å²) in [7, 11) is 2.13. The van der Waals surface area contributed by atoms with Gasteiger partial charge in [-0.2, -0.15) is 0 Å². The van der Waals surface area contributed by atoms with Crippen molar-refractivity contribution in [3.05, 3.63) is 35.4 Å². The minimum absolute atomic E-state index is 0.151. The number of unbranched alkanes of at least 4 members (excludes halogenated alkanes) is 2. The van der Waals surface area contributed by atoms with Crippen molar-refractivity contribution in [1.29, 1.82) is 0 Å². The van der Waals surface area contributed by atoms with Crippen molar-refractivity contribution in [2.45, 2.75) is 32.7 Å². The van der Waals surface area contributed by atoms with Crippen LogP contribution in [0, 0.1) is 0 Å². The maximum atomic E-state index is 8.58. The third-order valence-corrected chi connectivity index (χ3v) is 2.95. The normalized spacial score (nSPS) is 12.1. The first-order chi connectivity index (χ1) is 8.67. The Morgan fingerprint density at radius 3 is 2.50 bits per heavy atom. The molecule has 4 nitrogen and oxygen atoms in total. The average Bonchev–Trinajstić information content (AvgIpc) is 2.39. The number of rotatable bonds is 7. The highest BCUT2D eigenvalue weighted by atomic mass is 16.4. The van der Waals surface area contributed by atoms with Gasteiger partial charge in [0.2, 0.25) is 0 Å². The summed E-state index contributed by atoms with van der Waals surface area (Å²) in [5, 5.41) is 11.6. The Bertz CT molecular complexity index is 373. The van der Waals surface area contributed by atoms with Gasteiger partial charge in [0.15, 0.2) is 5.84 Å². The zero-order valence-corrected chi connectivity index (χ0v) is 11.3. The molecule has 0 aliphatic heterocycles. The summed E-state index contributed by atoms with van der Waals surface area (Å²) in [6.45, 7) is 4.27. The van der Waals surface area contributed by atoms with E-state index in [2.05, 4.69) is 24.0 Å². The third-order valence-electron chi connectivity index (χ3n) is 2.95. The van der Waals surface area contributed by atoms with E-state index in [9.17, 15) is 0 Å². The second-order valence-electron chi connectivity index (χ2n) is 4.63. The van der Waals surface area contributed by atoms with Gasteiger partial charge in [-0.05, 0) is 25.6 Å². The molecule has 0 atom stereocenters. The standard InChI is InChI=1S/C14H23N3O/c1-3-4-5-10-17(2)11-12-6-8-13(9-7-12)14(15)16-18/h6-9,18H,3-5,10-11H2,1-2H3,(H2,15,16). The molecule has 0 heterocycles. The molecule has 0 saturated heterocycles. The number of oxime groups is 1. The van der Waals surface area contributed by atoms with Crippen LogP contribution in [-0.4, -0.2) is 29.5 Å². The van der Waals surface area contributed by atoms with Crippen LogP contribution in [0.3, 0.4) is 0 Å². The minimum Gasteiger partial charge on any atom is -0.409 e. The van der Waals surface area contributed by atoms with E-state index in [1.165, 1.54) is 24.8 Å². The second kappa shape index (κ2) is 7.71. The fraction of sp³-hybridized carbons (Fsp3) is 0.500. The van der Waals surface area contributed by atoms with Crippen molar-refractivity contribution in [2.75, 3.05) is 13.6 Å². The third kappa shape index (κ3) is 4.75. The number of nitrogens with two attached hydrogens (primary N) is 1. The first-order valence-corrected chi connectivity index (χ1v) is 6.42. The maximum Gasteiger partial charge on any atom is 0.170 e. The molecule has 0 amide bonds. The lowest BCUT2D eigenvalue weighted by atomic mass is 10.1. The molecule has 1 aromatic carbocycles. The van der Waals surface area contributed by atoms with Crippen LogP contribution in [-0.2, 0) is 6.54 Å². The Kier molecular flexibility index (Phi) is 6.22. The smallest absolute Gasteiger partial charge is 0.170 e. The molecule has 0 fully saturated rings. The van der Waals surface area contributed by atoms with Crippen LogP contribution in [0.25, 0.3) is 0 Å². The maximum absolute atomic E-state index is 8.58. The van der Waals surface area contributed by atoms with Crippen molar-refractivity contribution in [3.63, 3.8) is 0 Å². The summed E-state index contributed by atoms with van der Waals surface area (Å²) in [5.74, 6) is 0.151. The fourth-order valence-electron chi connectivity index (χ4n) is 1.86. The highest BCUT2D eigenvalue weighted by Crippen LogP contribution is 2.07. The van der Waals surface area contributed by atoms with Gasteiger partial charge in [0, 0.05) is 12.1 Å². The van der Waals surface area contributed by atoms with Gasteiger partial charge in [-0.15, -0.1) is 0 Å². The van der Waals surface area contributed by atoms with Gasteiger partial charge in [0.1, 0.15) is 0 Å². The van der Waals surface area contributed by atoms with Crippen LogP contribution >= 0.6 is 0 Å². The van der Waals surface area contributed by atoms with Crippen molar-refractivity contribution in [1.82, 2.24) is 4.90 Å². The predicted molar refractivity (Wildman–Crippen MR) is 74.8 cm³/mol. The monoisotopic (exact) mass is 249 g/mol. The molecule has 4 heteroatoms. The van der Waals surface area contributed by atoms with Crippen LogP contribution in [0.1, 0.15) is 37.3 Å². The second-order valence-corrected chi connectivity index (χ2v) is 4.63. The van der Waals surface area contributed by atoms with Gasteiger partial charge in [-0.1, -0.05) is 49.2 Å². The summed E-state index contributed by atoms with van der Waals surface area (Å²) >= 11 is 0. The molecule has 0 aliphatic rings. The van der Waals surface area contributed by atoms with Gasteiger partial charge in [0.05, 0.1) is 0 Å². The molecule has 0 bridgehead atoms. The average molecular weight is 249 g/mol. The summed E-state index contributed by atoms with van der Waals surface area (Å²) in [6, 6.07) is 7.79. The Balaban J connectivity index is 2.48. The van der Waals surface area contributed by atoms with E-state index in [1.807, 2.05) is 24.3 Å². The molecule has 0 radical (unpaired) electrons. The van der Waals surface area contributed by atoms with Gasteiger partial charge in [0.25, 0.3) is 0 Å². The van der Waals surface area contributed by atoms with E-state index >= 15 is 0 Å². The number of nitrogens with zero attached hydrogens (tertiary/aromatic N) is 2. The number of benzene rings is 1. The lowest BCUT2D eigenvalue weighted by Crippen LogP contribution is -2.19. The Hall–Kier alpha value is -1.55. The van der Waals surface area contributed by atoms with Crippen molar-refractivity contribution < 1.29 is 5.21 Å². The fourth-order valence-corrected chi connectivity index (χ4v) is 1.86. The molecule has 18 heavy (non-hydrogen) atoms. The SMILES string of the molecule is CCCCCN(C)Cc1ccc(/C(N)=N/O)cc1. The first-order valence-electron chi connectivity index (χ1n) is 6.42. The molecule has 1 rings (SSSR count). The van der Waals surface area contributed by atoms with E-state index in [1.54, 1.807) is 0 Å². The quantitative estimate of drug-likeness (QED) is 0.256. The van der Waals surface area contributed by atoms with E-state index in [4.69, 9.17) is 10.9 Å². The highest BCUT2D eigenvalue weighted by molar-refractivity contribution is 5.96. The molecule has 0 saturated carbocycles. The van der Waals surface area contributed by atoms with Gasteiger partial charge >= 0.3 is 0 Å². The summed E-state index contributed by atoms with van der Waals surface area (Å²) in [5.41, 5.74) is 7.50. The van der Waals surface area contributed by atoms with Crippen LogP contribution < -0.4 is 5.73 Å². The molecule has 0 aliphatic carbocycles. The summed E-state index contributed by atoms with van der Waals surface area (Å²) in [6.07, 6.45) is 3.78. The number of amidine groups is 1. The summed E-state index contributed by atoms with van der Waals surface area (Å²) < 4.78 is 0. The lowest BCUT2D eigenvalue weighted by Gasteiger charge is -2.16. The van der Waals surface area contributed by atoms with Crippen molar-refractivity contribution in [3.8, 4) is 0 Å². The van der Waals surface area contributed by atoms with E-state index in [0.29, 0.717) is 0 Å². The van der Waals surface area contributed by atoms with E-state index in [-0.39, 0.29) is 5.84 Å². The number of hydrogen-bond donors (Lipinski definition) is 2. The van der Waals surface area contributed by atoms with Crippen LogP contribution in [0.4, 0.5) is 0 Å². The van der Waals surface area contributed by atoms with Crippen molar-refractivity contribution >= 4 is 5.84 Å². The number of hydrogen-bond acceptors (Lipinski definition) is 3. The van der Waals surface area contributed by atoms with Crippen LogP contribution in [0.2, 0.25) is 0 Å². The topological polar surface area (TPSA) is 61.8 Å². The Labute approximate surface area is 109 Å². The Morgan fingerprint density at radius 2 is 1.94 bits per heavy atom.